The van der Waals surface area contributed by atoms with Crippen molar-refractivity contribution in [2.75, 3.05) is 55.9 Å². The molecule has 5 aromatic rings. The Bertz CT molecular complexity index is 1690. The zero-order valence-corrected chi connectivity index (χ0v) is 32.1. The second-order valence-corrected chi connectivity index (χ2v) is 13.3. The van der Waals surface area contributed by atoms with Crippen LogP contribution in [-0.4, -0.2) is 55.9 Å². The highest BCUT2D eigenvalue weighted by molar-refractivity contribution is 7.80. The van der Waals surface area contributed by atoms with Crippen LogP contribution in [0.25, 0.3) is 0 Å². The van der Waals surface area contributed by atoms with Crippen molar-refractivity contribution in [3.63, 3.8) is 0 Å². The summed E-state index contributed by atoms with van der Waals surface area (Å²) >= 11 is 0. The third-order valence-electron chi connectivity index (χ3n) is 7.55. The van der Waals surface area contributed by atoms with E-state index in [9.17, 15) is 0 Å². The normalized spacial score (nSPS) is 10.3. The van der Waals surface area contributed by atoms with Crippen LogP contribution in [0.1, 0.15) is 22.3 Å². The minimum atomic E-state index is -1.03. The Labute approximate surface area is 304 Å². The van der Waals surface area contributed by atoms with E-state index in [0.29, 0.717) is 13.6 Å². The Morgan fingerprint density at radius 2 is 0.863 bits per heavy atom. The number of aryl methyl sites for hydroxylation is 4. The van der Waals surface area contributed by atoms with Crippen molar-refractivity contribution in [1.29, 1.82) is 0 Å². The summed E-state index contributed by atoms with van der Waals surface area (Å²) in [5.74, 6) is 4.30. The first-order chi connectivity index (χ1) is 24.8. The second-order valence-electron chi connectivity index (χ2n) is 11.2. The number of hydrogen-bond donors (Lipinski definition) is 0. The predicted molar refractivity (Wildman–Crippen MR) is 208 cm³/mol. The van der Waals surface area contributed by atoms with Gasteiger partial charge in [0.25, 0.3) is 0 Å². The zero-order valence-electron chi connectivity index (χ0n) is 31.2. The van der Waals surface area contributed by atoms with Crippen molar-refractivity contribution in [2.24, 2.45) is 0 Å². The van der Waals surface area contributed by atoms with Gasteiger partial charge in [-0.3, -0.25) is 0 Å². The van der Waals surface area contributed by atoms with Crippen molar-refractivity contribution in [3.05, 3.63) is 131 Å². The lowest BCUT2D eigenvalue weighted by molar-refractivity contribution is 0.0506. The lowest BCUT2D eigenvalue weighted by Crippen LogP contribution is -2.28. The molecule has 0 fully saturated rings. The molecule has 8 nitrogen and oxygen atoms in total. The van der Waals surface area contributed by atoms with Crippen LogP contribution in [0, 0.1) is 27.7 Å². The van der Waals surface area contributed by atoms with Gasteiger partial charge in [-0.15, -0.1) is 0 Å². The third kappa shape index (κ3) is 12.0. The van der Waals surface area contributed by atoms with E-state index < -0.39 is 7.92 Å². The molecule has 272 valence electrons. The number of hydrogen-bond acceptors (Lipinski definition) is 8. The van der Waals surface area contributed by atoms with E-state index in [-0.39, 0.29) is 6.79 Å². The van der Waals surface area contributed by atoms with Crippen LogP contribution >= 0.6 is 7.92 Å². The van der Waals surface area contributed by atoms with E-state index in [1.807, 2.05) is 85.8 Å². The Morgan fingerprint density at radius 1 is 0.412 bits per heavy atom. The number of para-hydroxylation sites is 3. The maximum Gasteiger partial charge on any atom is 0.188 e. The molecular formula is C42H51O8P. The molecule has 0 atom stereocenters. The highest BCUT2D eigenvalue weighted by Crippen LogP contribution is 2.44. The summed E-state index contributed by atoms with van der Waals surface area (Å²) < 4.78 is 42.8. The first-order valence-corrected chi connectivity index (χ1v) is 17.8. The van der Waals surface area contributed by atoms with Crippen molar-refractivity contribution in [1.82, 2.24) is 0 Å². The molecule has 0 saturated heterocycles. The lowest BCUT2D eigenvalue weighted by atomic mass is 10.2. The van der Waals surface area contributed by atoms with Crippen molar-refractivity contribution in [2.45, 2.75) is 27.7 Å². The molecule has 9 heteroatoms. The van der Waals surface area contributed by atoms with Gasteiger partial charge in [0, 0.05) is 37.2 Å². The smallest absolute Gasteiger partial charge is 0.188 e. The average molecular weight is 715 g/mol. The SMILES string of the molecule is COCOc1c(C)cccc1P(c1c(C)cccc1OC)c1c(C)cccc1OC.COCOc1ccccc1.COCOc1ccccc1C. The molecule has 0 saturated carbocycles. The lowest BCUT2D eigenvalue weighted by Gasteiger charge is -2.28. The van der Waals surface area contributed by atoms with Crippen LogP contribution in [0.15, 0.2) is 109 Å². The number of benzene rings is 5. The van der Waals surface area contributed by atoms with Crippen LogP contribution < -0.4 is 39.6 Å². The molecular weight excluding hydrogens is 663 g/mol. The molecule has 0 aromatic heterocycles. The van der Waals surface area contributed by atoms with Crippen molar-refractivity contribution < 1.29 is 37.9 Å². The van der Waals surface area contributed by atoms with E-state index in [0.717, 1.165) is 55.8 Å². The van der Waals surface area contributed by atoms with Gasteiger partial charge in [-0.25, -0.2) is 0 Å². The summed E-state index contributed by atoms with van der Waals surface area (Å²) in [6, 6.07) is 36.1. The van der Waals surface area contributed by atoms with Crippen molar-refractivity contribution in [3.8, 4) is 28.7 Å². The van der Waals surface area contributed by atoms with E-state index in [2.05, 4.69) is 51.1 Å². The molecule has 0 aliphatic rings. The van der Waals surface area contributed by atoms with Gasteiger partial charge in [0.15, 0.2) is 20.4 Å². The maximum absolute atomic E-state index is 6.08. The number of ether oxygens (including phenoxy) is 8. The number of methoxy groups -OCH3 is 5. The molecule has 0 bridgehead atoms. The van der Waals surface area contributed by atoms with Crippen molar-refractivity contribution >= 4 is 23.8 Å². The fourth-order valence-corrected chi connectivity index (χ4v) is 8.13. The van der Waals surface area contributed by atoms with Crippen LogP contribution in [0.5, 0.6) is 28.7 Å². The molecule has 0 unspecified atom stereocenters. The predicted octanol–water partition coefficient (Wildman–Crippen LogP) is 8.02. The minimum absolute atomic E-state index is 0.191. The molecule has 0 heterocycles. The van der Waals surface area contributed by atoms with Crippen LogP contribution in [0.4, 0.5) is 0 Å². The standard InChI is InChI=1S/C25H29O4P.C9H12O2.C8H10O2/c1-17-10-9-15-22(23(17)29-16-26-4)30(24-18(2)11-7-13-20(24)27-5)25-19(3)12-8-14-21(25)28-6;1-8-5-3-4-6-9(8)11-7-10-2;1-9-7-10-8-5-3-2-4-6-8/h7-15H,16H2,1-6H3;3-6H,7H2,1-2H3;2-6H,7H2,1H3. The van der Waals surface area contributed by atoms with E-state index in [1.54, 1.807) is 35.5 Å². The van der Waals surface area contributed by atoms with Gasteiger partial charge in [-0.05, 0) is 88.2 Å². The van der Waals surface area contributed by atoms with Crippen LogP contribution in [0.2, 0.25) is 0 Å². The summed E-state index contributed by atoms with van der Waals surface area (Å²) in [5, 5.41) is 3.44. The van der Waals surface area contributed by atoms with E-state index >= 15 is 0 Å². The number of rotatable bonds is 14. The maximum atomic E-state index is 6.08. The second kappa shape index (κ2) is 22.3. The molecule has 5 aromatic carbocycles. The van der Waals surface area contributed by atoms with E-state index in [1.165, 1.54) is 11.1 Å². The summed E-state index contributed by atoms with van der Waals surface area (Å²) in [7, 11) is 7.26. The quantitative estimate of drug-likeness (QED) is 0.0847. The molecule has 51 heavy (non-hydrogen) atoms. The molecule has 0 aliphatic heterocycles. The summed E-state index contributed by atoms with van der Waals surface area (Å²) in [6.45, 7) is 9.13. The van der Waals surface area contributed by atoms with Gasteiger partial charge in [-0.2, -0.15) is 0 Å². The zero-order chi connectivity index (χ0) is 37.0. The Kier molecular flexibility index (Phi) is 17.8. The molecule has 0 amide bonds. The highest BCUT2D eigenvalue weighted by Gasteiger charge is 2.29. The fraction of sp³-hybridized carbons (Fsp3) is 0.286. The Hall–Kier alpha value is -4.59. The molecule has 0 aliphatic carbocycles. The monoisotopic (exact) mass is 714 g/mol. The molecule has 0 spiro atoms. The largest absolute Gasteiger partial charge is 0.496 e. The average Bonchev–Trinajstić information content (AvgIpc) is 3.15. The third-order valence-corrected chi connectivity index (χ3v) is 10.4. The highest BCUT2D eigenvalue weighted by atomic mass is 31.1. The van der Waals surface area contributed by atoms with Gasteiger partial charge >= 0.3 is 0 Å². The van der Waals surface area contributed by atoms with Gasteiger partial charge in [0.2, 0.25) is 0 Å². The Morgan fingerprint density at radius 3 is 1.41 bits per heavy atom. The van der Waals surface area contributed by atoms with Gasteiger partial charge in [0.1, 0.15) is 28.7 Å². The summed E-state index contributed by atoms with van der Waals surface area (Å²) in [6.07, 6.45) is 0. The Balaban J connectivity index is 0.000000271. The van der Waals surface area contributed by atoms with Crippen LogP contribution in [-0.2, 0) is 14.2 Å². The van der Waals surface area contributed by atoms with Gasteiger partial charge in [-0.1, -0.05) is 78.9 Å². The fourth-order valence-electron chi connectivity index (χ4n) is 5.12. The van der Waals surface area contributed by atoms with E-state index in [4.69, 9.17) is 37.9 Å². The topological polar surface area (TPSA) is 73.8 Å². The summed E-state index contributed by atoms with van der Waals surface area (Å²) in [4.78, 5) is 0. The first kappa shape index (κ1) is 40.8. The molecule has 0 radical (unpaired) electrons. The molecule has 5 rings (SSSR count). The van der Waals surface area contributed by atoms with Crippen LogP contribution in [0.3, 0.4) is 0 Å². The van der Waals surface area contributed by atoms with Gasteiger partial charge < -0.3 is 37.9 Å². The minimum Gasteiger partial charge on any atom is -0.496 e. The van der Waals surface area contributed by atoms with Gasteiger partial charge in [0.05, 0.1) is 14.2 Å². The summed E-state index contributed by atoms with van der Waals surface area (Å²) in [5.41, 5.74) is 4.54. The first-order valence-electron chi connectivity index (χ1n) is 16.4. The molecule has 0 N–H and O–H groups in total.